The molecule has 5 nitrogen and oxygen atoms in total. The van der Waals surface area contributed by atoms with E-state index >= 15 is 0 Å². The van der Waals surface area contributed by atoms with Crippen molar-refractivity contribution in [1.29, 1.82) is 10.5 Å². The van der Waals surface area contributed by atoms with E-state index in [1.54, 1.807) is 42.5 Å². The van der Waals surface area contributed by atoms with Crippen LogP contribution in [0, 0.1) is 29.6 Å². The molecule has 0 saturated carbocycles. The van der Waals surface area contributed by atoms with Gasteiger partial charge in [-0.25, -0.2) is 0 Å². The molecule has 0 spiro atoms. The van der Waals surface area contributed by atoms with Gasteiger partial charge in [-0.2, -0.15) is 10.5 Å². The van der Waals surface area contributed by atoms with Gasteiger partial charge in [-0.3, -0.25) is 4.79 Å². The zero-order valence-electron chi connectivity index (χ0n) is 17.0. The number of ether oxygens (including phenoxy) is 1. The summed E-state index contributed by atoms with van der Waals surface area (Å²) in [5.74, 6) is -0.292. The van der Waals surface area contributed by atoms with Gasteiger partial charge in [0.15, 0.2) is 5.75 Å². The smallest absolute Gasteiger partial charge is 0.266 e. The molecule has 0 fully saturated rings. The standard InChI is InChI=1S/C25H17Cl2N3O2/c1-16-5-4-8-21(9-16)30-25(31)20(14-29)10-17-11-22(26)24(23(27)12-17)32-15-19-7-3-2-6-18(19)13-28/h2-12H,15H2,1H3,(H,30,31)/b20-10-. The van der Waals surface area contributed by atoms with Gasteiger partial charge in [-0.05, 0) is 54.5 Å². The van der Waals surface area contributed by atoms with Crippen molar-refractivity contribution in [3.63, 3.8) is 0 Å². The van der Waals surface area contributed by atoms with Gasteiger partial charge < -0.3 is 10.1 Å². The molecule has 3 aromatic rings. The Hall–Kier alpha value is -3.77. The van der Waals surface area contributed by atoms with E-state index in [0.717, 1.165) is 5.56 Å². The Morgan fingerprint density at radius 1 is 1.06 bits per heavy atom. The Kier molecular flexibility index (Phi) is 7.52. The fourth-order valence-electron chi connectivity index (χ4n) is 2.94. The van der Waals surface area contributed by atoms with E-state index < -0.39 is 5.91 Å². The van der Waals surface area contributed by atoms with E-state index in [1.165, 1.54) is 6.08 Å². The van der Waals surface area contributed by atoms with Crippen LogP contribution in [0.3, 0.4) is 0 Å². The van der Waals surface area contributed by atoms with E-state index in [0.29, 0.717) is 22.4 Å². The first-order valence-corrected chi connectivity index (χ1v) is 10.3. The third kappa shape index (κ3) is 5.68. The van der Waals surface area contributed by atoms with E-state index in [4.69, 9.17) is 27.9 Å². The molecule has 0 aromatic heterocycles. The van der Waals surface area contributed by atoms with Crippen LogP contribution in [0.5, 0.6) is 5.75 Å². The minimum atomic E-state index is -0.543. The van der Waals surface area contributed by atoms with Gasteiger partial charge >= 0.3 is 0 Å². The summed E-state index contributed by atoms with van der Waals surface area (Å²) in [6.07, 6.45) is 1.40. The van der Waals surface area contributed by atoms with Crippen LogP contribution in [0.25, 0.3) is 6.08 Å². The summed E-state index contributed by atoms with van der Waals surface area (Å²) in [4.78, 5) is 12.5. The zero-order valence-corrected chi connectivity index (χ0v) is 18.5. The van der Waals surface area contributed by atoms with Gasteiger partial charge in [0, 0.05) is 11.3 Å². The first-order valence-electron chi connectivity index (χ1n) is 9.51. The molecule has 0 aliphatic rings. The maximum absolute atomic E-state index is 12.5. The number of benzene rings is 3. The normalized spacial score (nSPS) is 10.7. The number of hydrogen-bond acceptors (Lipinski definition) is 4. The molecule has 1 amide bonds. The lowest BCUT2D eigenvalue weighted by atomic mass is 10.1. The van der Waals surface area contributed by atoms with Gasteiger partial charge in [0.2, 0.25) is 0 Å². The molecule has 158 valence electrons. The SMILES string of the molecule is Cc1cccc(NC(=O)/C(C#N)=C\c2cc(Cl)c(OCc3ccccc3C#N)c(Cl)c2)c1. The number of hydrogen-bond donors (Lipinski definition) is 1. The summed E-state index contributed by atoms with van der Waals surface area (Å²) in [7, 11) is 0. The van der Waals surface area contributed by atoms with E-state index in [-0.39, 0.29) is 28.0 Å². The third-order valence-corrected chi connectivity index (χ3v) is 5.04. The molecule has 3 aromatic carbocycles. The first-order chi connectivity index (χ1) is 15.4. The Morgan fingerprint density at radius 3 is 2.44 bits per heavy atom. The molecule has 0 heterocycles. The predicted molar refractivity (Wildman–Crippen MR) is 125 cm³/mol. The number of halogens is 2. The van der Waals surface area contributed by atoms with Gasteiger partial charge in [-0.15, -0.1) is 0 Å². The maximum atomic E-state index is 12.5. The summed E-state index contributed by atoms with van der Waals surface area (Å²) < 4.78 is 5.74. The fourth-order valence-corrected chi connectivity index (χ4v) is 3.56. The van der Waals surface area contributed by atoms with Crippen LogP contribution in [0.2, 0.25) is 10.0 Å². The minimum absolute atomic E-state index is 0.102. The summed E-state index contributed by atoms with van der Waals surface area (Å²) in [6, 6.07) is 21.4. The summed E-state index contributed by atoms with van der Waals surface area (Å²) >= 11 is 12.7. The maximum Gasteiger partial charge on any atom is 0.266 e. The monoisotopic (exact) mass is 461 g/mol. The van der Waals surface area contributed by atoms with Gasteiger partial charge in [0.25, 0.3) is 5.91 Å². The number of aryl methyl sites for hydroxylation is 1. The zero-order chi connectivity index (χ0) is 23.1. The highest BCUT2D eigenvalue weighted by molar-refractivity contribution is 6.37. The Labute approximate surface area is 196 Å². The molecule has 1 N–H and O–H groups in total. The van der Waals surface area contributed by atoms with Crippen LogP contribution in [0.15, 0.2) is 66.2 Å². The van der Waals surface area contributed by atoms with E-state index in [1.807, 2.05) is 31.2 Å². The minimum Gasteiger partial charge on any atom is -0.486 e. The second kappa shape index (κ2) is 10.5. The van der Waals surface area contributed by atoms with Crippen LogP contribution in [0.1, 0.15) is 22.3 Å². The average molecular weight is 462 g/mol. The van der Waals surface area contributed by atoms with Gasteiger partial charge in [0.05, 0.1) is 21.7 Å². The number of nitrogens with one attached hydrogen (secondary N) is 1. The lowest BCUT2D eigenvalue weighted by Crippen LogP contribution is -2.13. The van der Waals surface area contributed by atoms with Crippen molar-refractivity contribution in [2.24, 2.45) is 0 Å². The lowest BCUT2D eigenvalue weighted by Gasteiger charge is -2.12. The fraction of sp³-hybridized carbons (Fsp3) is 0.0800. The van der Waals surface area contributed by atoms with Gasteiger partial charge in [-0.1, -0.05) is 53.5 Å². The molecule has 0 unspecified atom stereocenters. The predicted octanol–water partition coefficient (Wildman–Crippen LogP) is 6.30. The van der Waals surface area contributed by atoms with Crippen molar-refractivity contribution >= 4 is 40.9 Å². The van der Waals surface area contributed by atoms with Crippen LogP contribution in [-0.4, -0.2) is 5.91 Å². The van der Waals surface area contributed by atoms with Crippen molar-refractivity contribution in [2.45, 2.75) is 13.5 Å². The van der Waals surface area contributed by atoms with E-state index in [9.17, 15) is 15.3 Å². The summed E-state index contributed by atoms with van der Waals surface area (Å²) in [6.45, 7) is 2.02. The number of carbonyl (C=O) groups is 1. The molecule has 7 heteroatoms. The molecule has 0 radical (unpaired) electrons. The average Bonchev–Trinajstić information content (AvgIpc) is 2.77. The molecular formula is C25H17Cl2N3O2. The Balaban J connectivity index is 1.79. The highest BCUT2D eigenvalue weighted by Crippen LogP contribution is 2.35. The molecular weight excluding hydrogens is 445 g/mol. The second-order valence-corrected chi connectivity index (χ2v) is 7.68. The molecule has 0 saturated heterocycles. The highest BCUT2D eigenvalue weighted by Gasteiger charge is 2.14. The number of carbonyl (C=O) groups excluding carboxylic acids is 1. The van der Waals surface area contributed by atoms with Crippen molar-refractivity contribution < 1.29 is 9.53 Å². The molecule has 0 aliphatic heterocycles. The lowest BCUT2D eigenvalue weighted by molar-refractivity contribution is -0.112. The highest BCUT2D eigenvalue weighted by atomic mass is 35.5. The van der Waals surface area contributed by atoms with Crippen molar-refractivity contribution in [2.75, 3.05) is 5.32 Å². The van der Waals surface area contributed by atoms with Crippen LogP contribution >= 0.6 is 23.2 Å². The Bertz CT molecular complexity index is 1260. The first kappa shape index (κ1) is 22.9. The quantitative estimate of drug-likeness (QED) is 0.344. The van der Waals surface area contributed by atoms with E-state index in [2.05, 4.69) is 11.4 Å². The molecule has 32 heavy (non-hydrogen) atoms. The summed E-state index contributed by atoms with van der Waals surface area (Å²) in [5.41, 5.74) is 3.14. The molecule has 0 aliphatic carbocycles. The molecule has 3 rings (SSSR count). The number of amides is 1. The van der Waals surface area contributed by atoms with Crippen molar-refractivity contribution in [3.05, 3.63) is 98.5 Å². The molecule has 0 atom stereocenters. The number of rotatable bonds is 6. The number of anilines is 1. The number of nitrogens with zero attached hydrogens (tertiary/aromatic N) is 2. The molecule has 0 bridgehead atoms. The van der Waals surface area contributed by atoms with Crippen molar-refractivity contribution in [3.8, 4) is 17.9 Å². The van der Waals surface area contributed by atoms with Gasteiger partial charge in [0.1, 0.15) is 18.2 Å². The van der Waals surface area contributed by atoms with Crippen LogP contribution < -0.4 is 10.1 Å². The topological polar surface area (TPSA) is 85.9 Å². The largest absolute Gasteiger partial charge is 0.486 e. The van der Waals surface area contributed by atoms with Crippen LogP contribution in [-0.2, 0) is 11.4 Å². The number of nitriles is 2. The third-order valence-electron chi connectivity index (χ3n) is 4.48. The van der Waals surface area contributed by atoms with Crippen molar-refractivity contribution in [1.82, 2.24) is 0 Å². The Morgan fingerprint density at radius 2 is 1.78 bits per heavy atom. The van der Waals surface area contributed by atoms with Crippen LogP contribution in [0.4, 0.5) is 5.69 Å². The second-order valence-electron chi connectivity index (χ2n) is 6.86. The summed E-state index contributed by atoms with van der Waals surface area (Å²) in [5, 5.41) is 21.8.